The Bertz CT molecular complexity index is 722. The van der Waals surface area contributed by atoms with E-state index in [1.54, 1.807) is 6.07 Å². The lowest BCUT2D eigenvalue weighted by molar-refractivity contribution is -0.139. The van der Waals surface area contributed by atoms with E-state index in [0.29, 0.717) is 24.9 Å². The molecule has 0 N–H and O–H groups in total. The number of hydrogen-bond acceptors (Lipinski definition) is 6. The van der Waals surface area contributed by atoms with Crippen molar-refractivity contribution in [3.63, 3.8) is 0 Å². The van der Waals surface area contributed by atoms with E-state index < -0.39 is 17.8 Å². The van der Waals surface area contributed by atoms with Gasteiger partial charge in [-0.2, -0.15) is 0 Å². The molecule has 7 heteroatoms. The van der Waals surface area contributed by atoms with Gasteiger partial charge in [0.15, 0.2) is 11.5 Å². The van der Waals surface area contributed by atoms with Gasteiger partial charge in [0.25, 0.3) is 5.91 Å². The molecule has 0 bridgehead atoms. The van der Waals surface area contributed by atoms with Gasteiger partial charge in [-0.3, -0.25) is 24.1 Å². The topological polar surface area (TPSA) is 90.0 Å². The highest BCUT2D eigenvalue weighted by Gasteiger charge is 2.24. The largest absolute Gasteiger partial charge is 0.423 e. The maximum atomic E-state index is 12.0. The summed E-state index contributed by atoms with van der Waals surface area (Å²) in [5.41, 5.74) is 0.558. The molecule has 0 unspecified atom stereocenters. The standard InChI is InChI=1S/C17H17NO6/c1-11(19)23-14-7-5-13(10-15(14)24-12(2)20)6-8-17(22)18-9-3-4-16(18)21/h5-8,10H,3-4,9H2,1-2H3/b8-6+. The molecule has 1 aliphatic heterocycles. The fourth-order valence-electron chi connectivity index (χ4n) is 2.24. The van der Waals surface area contributed by atoms with E-state index in [-0.39, 0.29) is 17.4 Å². The molecule has 24 heavy (non-hydrogen) atoms. The summed E-state index contributed by atoms with van der Waals surface area (Å²) in [4.78, 5) is 46.9. The molecule has 0 spiro atoms. The van der Waals surface area contributed by atoms with Crippen molar-refractivity contribution in [3.05, 3.63) is 29.8 Å². The number of likely N-dealkylation sites (tertiary alicyclic amines) is 1. The molecule has 0 aliphatic carbocycles. The third-order valence-corrected chi connectivity index (χ3v) is 3.23. The van der Waals surface area contributed by atoms with E-state index in [1.807, 2.05) is 0 Å². The second-order valence-electron chi connectivity index (χ2n) is 5.21. The van der Waals surface area contributed by atoms with Crippen molar-refractivity contribution in [2.45, 2.75) is 26.7 Å². The van der Waals surface area contributed by atoms with E-state index in [0.717, 1.165) is 0 Å². The van der Waals surface area contributed by atoms with Gasteiger partial charge < -0.3 is 9.47 Å². The molecule has 2 amide bonds. The molecule has 1 saturated heterocycles. The fourth-order valence-corrected chi connectivity index (χ4v) is 2.24. The van der Waals surface area contributed by atoms with Crippen LogP contribution < -0.4 is 9.47 Å². The summed E-state index contributed by atoms with van der Waals surface area (Å²) >= 11 is 0. The van der Waals surface area contributed by atoms with E-state index in [2.05, 4.69) is 0 Å². The monoisotopic (exact) mass is 331 g/mol. The second kappa shape index (κ2) is 7.54. The van der Waals surface area contributed by atoms with Crippen molar-refractivity contribution in [2.75, 3.05) is 6.54 Å². The maximum Gasteiger partial charge on any atom is 0.308 e. The molecule has 1 aliphatic rings. The minimum atomic E-state index is -0.566. The van der Waals surface area contributed by atoms with E-state index in [4.69, 9.17) is 9.47 Å². The number of esters is 2. The number of ether oxygens (including phenoxy) is 2. The number of benzene rings is 1. The van der Waals surface area contributed by atoms with Crippen molar-refractivity contribution in [3.8, 4) is 11.5 Å². The molecule has 2 rings (SSSR count). The number of hydrogen-bond donors (Lipinski definition) is 0. The quantitative estimate of drug-likeness (QED) is 0.474. The molecular formula is C17H17NO6. The summed E-state index contributed by atoms with van der Waals surface area (Å²) in [5.74, 6) is -1.51. The Morgan fingerprint density at radius 1 is 1.08 bits per heavy atom. The maximum absolute atomic E-state index is 12.0. The van der Waals surface area contributed by atoms with Gasteiger partial charge in [0.1, 0.15) is 0 Å². The average molecular weight is 331 g/mol. The molecule has 0 saturated carbocycles. The predicted octanol–water partition coefficient (Wildman–Crippen LogP) is 1.70. The number of rotatable bonds is 4. The molecule has 0 aromatic heterocycles. The summed E-state index contributed by atoms with van der Waals surface area (Å²) in [6.45, 7) is 2.88. The molecular weight excluding hydrogens is 314 g/mol. The normalized spacial score (nSPS) is 14.1. The van der Waals surface area contributed by atoms with Crippen molar-refractivity contribution in [2.24, 2.45) is 0 Å². The van der Waals surface area contributed by atoms with Gasteiger partial charge in [0, 0.05) is 32.9 Å². The summed E-state index contributed by atoms with van der Waals surface area (Å²) < 4.78 is 9.97. The van der Waals surface area contributed by atoms with Crippen LogP contribution in [0.5, 0.6) is 11.5 Å². The summed E-state index contributed by atoms with van der Waals surface area (Å²) in [6, 6.07) is 4.53. The van der Waals surface area contributed by atoms with Crippen molar-refractivity contribution in [1.82, 2.24) is 4.90 Å². The van der Waals surface area contributed by atoms with Crippen LogP contribution in [0.1, 0.15) is 32.3 Å². The van der Waals surface area contributed by atoms with Gasteiger partial charge in [0.05, 0.1) is 0 Å². The van der Waals surface area contributed by atoms with Gasteiger partial charge in [-0.25, -0.2) is 0 Å². The number of amides is 2. The van der Waals surface area contributed by atoms with Crippen molar-refractivity contribution >= 4 is 29.8 Å². The smallest absolute Gasteiger partial charge is 0.308 e. The summed E-state index contributed by atoms with van der Waals surface area (Å²) in [6.07, 6.45) is 3.83. The summed E-state index contributed by atoms with van der Waals surface area (Å²) in [5, 5.41) is 0. The second-order valence-corrected chi connectivity index (χ2v) is 5.21. The van der Waals surface area contributed by atoms with Crippen LogP contribution in [0.2, 0.25) is 0 Å². The lowest BCUT2D eigenvalue weighted by Crippen LogP contribution is -2.30. The van der Waals surface area contributed by atoms with Crippen molar-refractivity contribution < 1.29 is 28.7 Å². The Hall–Kier alpha value is -2.96. The van der Waals surface area contributed by atoms with Crippen LogP contribution in [-0.4, -0.2) is 35.2 Å². The molecule has 0 atom stereocenters. The van der Waals surface area contributed by atoms with Crippen LogP contribution in [0.4, 0.5) is 0 Å². The highest BCUT2D eigenvalue weighted by atomic mass is 16.6. The number of imide groups is 1. The fraction of sp³-hybridized carbons (Fsp3) is 0.294. The molecule has 1 aromatic carbocycles. The first-order valence-corrected chi connectivity index (χ1v) is 7.40. The van der Waals surface area contributed by atoms with Crippen LogP contribution in [-0.2, 0) is 19.2 Å². The highest BCUT2D eigenvalue weighted by molar-refractivity contribution is 6.03. The molecule has 1 heterocycles. The van der Waals surface area contributed by atoms with Gasteiger partial charge >= 0.3 is 11.9 Å². The van der Waals surface area contributed by atoms with Gasteiger partial charge in [-0.1, -0.05) is 6.07 Å². The number of nitrogens with zero attached hydrogens (tertiary/aromatic N) is 1. The first-order chi connectivity index (χ1) is 11.4. The summed E-state index contributed by atoms with van der Waals surface area (Å²) in [7, 11) is 0. The SMILES string of the molecule is CC(=O)Oc1ccc(/C=C/C(=O)N2CCCC2=O)cc1OC(C)=O. The van der Waals surface area contributed by atoms with Gasteiger partial charge in [0.2, 0.25) is 5.91 Å². The average Bonchev–Trinajstić information content (AvgIpc) is 2.92. The Labute approximate surface area is 138 Å². The van der Waals surface area contributed by atoms with Crippen LogP contribution in [0.3, 0.4) is 0 Å². The van der Waals surface area contributed by atoms with E-state index in [9.17, 15) is 19.2 Å². The number of carbonyl (C=O) groups excluding carboxylic acids is 4. The molecule has 7 nitrogen and oxygen atoms in total. The lowest BCUT2D eigenvalue weighted by Gasteiger charge is -2.10. The third-order valence-electron chi connectivity index (χ3n) is 3.23. The Morgan fingerprint density at radius 3 is 2.33 bits per heavy atom. The Morgan fingerprint density at radius 2 is 1.75 bits per heavy atom. The van der Waals surface area contributed by atoms with Crippen LogP contribution >= 0.6 is 0 Å². The van der Waals surface area contributed by atoms with Crippen molar-refractivity contribution in [1.29, 1.82) is 0 Å². The highest BCUT2D eigenvalue weighted by Crippen LogP contribution is 2.29. The Balaban J connectivity index is 2.19. The lowest BCUT2D eigenvalue weighted by atomic mass is 10.2. The van der Waals surface area contributed by atoms with Crippen LogP contribution in [0.25, 0.3) is 6.08 Å². The zero-order valence-corrected chi connectivity index (χ0v) is 13.4. The number of carbonyl (C=O) groups is 4. The van der Waals surface area contributed by atoms with Gasteiger partial charge in [-0.05, 0) is 30.2 Å². The molecule has 0 radical (unpaired) electrons. The van der Waals surface area contributed by atoms with Crippen LogP contribution in [0.15, 0.2) is 24.3 Å². The first kappa shape index (κ1) is 17.4. The molecule has 1 aromatic rings. The minimum absolute atomic E-state index is 0.0737. The Kier molecular flexibility index (Phi) is 5.47. The molecule has 126 valence electrons. The zero-order chi connectivity index (χ0) is 17.7. The predicted molar refractivity (Wildman–Crippen MR) is 84.0 cm³/mol. The van der Waals surface area contributed by atoms with Crippen LogP contribution in [0, 0.1) is 0 Å². The third kappa shape index (κ3) is 4.52. The van der Waals surface area contributed by atoms with Gasteiger partial charge in [-0.15, -0.1) is 0 Å². The zero-order valence-electron chi connectivity index (χ0n) is 13.4. The minimum Gasteiger partial charge on any atom is -0.423 e. The molecule has 1 fully saturated rings. The first-order valence-electron chi connectivity index (χ1n) is 7.40. The van der Waals surface area contributed by atoms with E-state index in [1.165, 1.54) is 43.0 Å². The van der Waals surface area contributed by atoms with E-state index >= 15 is 0 Å².